The van der Waals surface area contributed by atoms with Crippen LogP contribution in [0.5, 0.6) is 0 Å². The van der Waals surface area contributed by atoms with E-state index in [1.165, 1.54) is 6.92 Å². The van der Waals surface area contributed by atoms with Crippen LogP contribution in [0, 0.1) is 0 Å². The highest BCUT2D eigenvalue weighted by atomic mass is 32.2. The molecule has 4 nitrogen and oxygen atoms in total. The number of thioether (sulfide) groups is 1. The summed E-state index contributed by atoms with van der Waals surface area (Å²) in [5, 5.41) is 8.97. The van der Waals surface area contributed by atoms with Gasteiger partial charge in [-0.15, -0.1) is 0 Å². The van der Waals surface area contributed by atoms with Crippen LogP contribution in [0.15, 0.2) is 35.2 Å². The van der Waals surface area contributed by atoms with Crippen molar-refractivity contribution < 1.29 is 14.7 Å². The molecule has 1 N–H and O–H groups in total. The summed E-state index contributed by atoms with van der Waals surface area (Å²) >= 11 is 6.20. The maximum absolute atomic E-state index is 12.2. The first kappa shape index (κ1) is 13.8. The van der Waals surface area contributed by atoms with Gasteiger partial charge in [-0.1, -0.05) is 54.3 Å². The van der Waals surface area contributed by atoms with Crippen LogP contribution >= 0.6 is 24.0 Å². The Bertz CT molecular complexity index is 569. The van der Waals surface area contributed by atoms with E-state index in [-0.39, 0.29) is 10.2 Å². The molecule has 1 aliphatic rings. The summed E-state index contributed by atoms with van der Waals surface area (Å²) in [7, 11) is 0. The molecule has 98 valence electrons. The van der Waals surface area contributed by atoms with Gasteiger partial charge in [0.2, 0.25) is 0 Å². The Kier molecular flexibility index (Phi) is 4.01. The third kappa shape index (κ3) is 2.85. The third-order valence-electron chi connectivity index (χ3n) is 2.67. The van der Waals surface area contributed by atoms with Crippen LogP contribution in [0.25, 0.3) is 6.08 Å². The fourth-order valence-corrected chi connectivity index (χ4v) is 3.04. The van der Waals surface area contributed by atoms with E-state index in [1.54, 1.807) is 6.08 Å². The molecule has 0 spiro atoms. The van der Waals surface area contributed by atoms with Crippen LogP contribution in [0.2, 0.25) is 0 Å². The molecule has 0 unspecified atom stereocenters. The number of benzene rings is 1. The zero-order valence-electron chi connectivity index (χ0n) is 10.1. The number of carbonyl (C=O) groups is 2. The summed E-state index contributed by atoms with van der Waals surface area (Å²) in [4.78, 5) is 24.7. The lowest BCUT2D eigenvalue weighted by molar-refractivity contribution is -0.144. The number of amides is 1. The normalized spacial score (nSPS) is 19.0. The summed E-state index contributed by atoms with van der Waals surface area (Å²) < 4.78 is 0.280. The second-order valence-electron chi connectivity index (χ2n) is 3.98. The molecule has 0 aromatic heterocycles. The maximum Gasteiger partial charge on any atom is 0.326 e. The van der Waals surface area contributed by atoms with Crippen LogP contribution in [0.1, 0.15) is 12.5 Å². The number of thiocarbonyl (C=S) groups is 1. The van der Waals surface area contributed by atoms with Crippen molar-refractivity contribution in [2.45, 2.75) is 13.0 Å². The summed E-state index contributed by atoms with van der Waals surface area (Å²) in [6, 6.07) is 8.41. The molecule has 1 atom stereocenters. The molecule has 1 aromatic carbocycles. The van der Waals surface area contributed by atoms with E-state index in [0.717, 1.165) is 22.2 Å². The van der Waals surface area contributed by atoms with Gasteiger partial charge in [-0.3, -0.25) is 9.69 Å². The van der Waals surface area contributed by atoms with Crippen molar-refractivity contribution >= 4 is 46.3 Å². The summed E-state index contributed by atoms with van der Waals surface area (Å²) in [5.41, 5.74) is 0.881. The lowest BCUT2D eigenvalue weighted by atomic mass is 10.2. The van der Waals surface area contributed by atoms with Crippen molar-refractivity contribution in [1.82, 2.24) is 4.90 Å². The second-order valence-corrected chi connectivity index (χ2v) is 5.65. The molecular formula is C13H11NO3S2. The highest BCUT2D eigenvalue weighted by Gasteiger charge is 2.38. The van der Waals surface area contributed by atoms with Gasteiger partial charge in [-0.2, -0.15) is 0 Å². The van der Waals surface area contributed by atoms with Crippen molar-refractivity contribution in [3.05, 3.63) is 40.8 Å². The summed E-state index contributed by atoms with van der Waals surface area (Å²) in [5.74, 6) is -1.42. The van der Waals surface area contributed by atoms with Crippen LogP contribution in [0.4, 0.5) is 0 Å². The Morgan fingerprint density at radius 2 is 2.05 bits per heavy atom. The SMILES string of the molecule is C[C@@H](C(=O)O)N1C(=O)/C(=C\c2ccccc2)SC1=S. The topological polar surface area (TPSA) is 57.6 Å². The maximum atomic E-state index is 12.2. The second kappa shape index (κ2) is 5.54. The van der Waals surface area contributed by atoms with Crippen molar-refractivity contribution in [3.63, 3.8) is 0 Å². The zero-order valence-corrected chi connectivity index (χ0v) is 11.7. The Balaban J connectivity index is 2.28. The number of carboxylic acids is 1. The van der Waals surface area contributed by atoms with Crippen LogP contribution < -0.4 is 0 Å². The van der Waals surface area contributed by atoms with Crippen LogP contribution in [-0.4, -0.2) is 32.2 Å². The number of aliphatic carboxylic acids is 1. The third-order valence-corrected chi connectivity index (χ3v) is 4.00. The molecule has 0 aliphatic carbocycles. The smallest absolute Gasteiger partial charge is 0.326 e. The minimum Gasteiger partial charge on any atom is -0.480 e. The van der Waals surface area contributed by atoms with E-state index in [2.05, 4.69) is 0 Å². The quantitative estimate of drug-likeness (QED) is 0.685. The number of nitrogens with zero attached hydrogens (tertiary/aromatic N) is 1. The van der Waals surface area contributed by atoms with Gasteiger partial charge in [0, 0.05) is 0 Å². The molecule has 1 heterocycles. The Hall–Kier alpha value is -1.66. The first-order valence-electron chi connectivity index (χ1n) is 5.55. The van der Waals surface area contributed by atoms with Gasteiger partial charge in [0.1, 0.15) is 10.4 Å². The minimum atomic E-state index is -1.07. The van der Waals surface area contributed by atoms with Crippen LogP contribution in [0.3, 0.4) is 0 Å². The molecule has 2 rings (SSSR count). The molecule has 0 bridgehead atoms. The number of carboxylic acid groups (broad SMARTS) is 1. The van der Waals surface area contributed by atoms with Gasteiger partial charge < -0.3 is 5.11 Å². The molecule has 19 heavy (non-hydrogen) atoms. The van der Waals surface area contributed by atoms with Crippen molar-refractivity contribution in [1.29, 1.82) is 0 Å². The van der Waals surface area contributed by atoms with Crippen molar-refractivity contribution in [2.24, 2.45) is 0 Å². The molecule has 6 heteroatoms. The van der Waals surface area contributed by atoms with Gasteiger partial charge in [0.15, 0.2) is 0 Å². The lowest BCUT2D eigenvalue weighted by Crippen LogP contribution is -2.41. The van der Waals surface area contributed by atoms with Crippen molar-refractivity contribution in [3.8, 4) is 0 Å². The van der Waals surface area contributed by atoms with Gasteiger partial charge in [0.05, 0.1) is 4.91 Å². The minimum absolute atomic E-state index is 0.280. The Labute approximate surface area is 120 Å². The van der Waals surface area contributed by atoms with E-state index >= 15 is 0 Å². The van der Waals surface area contributed by atoms with E-state index < -0.39 is 12.0 Å². The van der Waals surface area contributed by atoms with Gasteiger partial charge in [0.25, 0.3) is 5.91 Å². The Morgan fingerprint density at radius 1 is 1.42 bits per heavy atom. The Morgan fingerprint density at radius 3 is 2.63 bits per heavy atom. The van der Waals surface area contributed by atoms with E-state index in [4.69, 9.17) is 17.3 Å². The average Bonchev–Trinajstić information content (AvgIpc) is 2.65. The lowest BCUT2D eigenvalue weighted by Gasteiger charge is -2.18. The first-order valence-corrected chi connectivity index (χ1v) is 6.78. The van der Waals surface area contributed by atoms with E-state index in [9.17, 15) is 9.59 Å². The highest BCUT2D eigenvalue weighted by molar-refractivity contribution is 8.26. The largest absolute Gasteiger partial charge is 0.480 e. The fraction of sp³-hybridized carbons (Fsp3) is 0.154. The molecule has 0 saturated carbocycles. The predicted molar refractivity (Wildman–Crippen MR) is 78.6 cm³/mol. The molecule has 1 aliphatic heterocycles. The molecule has 1 aromatic rings. The highest BCUT2D eigenvalue weighted by Crippen LogP contribution is 2.33. The summed E-state index contributed by atoms with van der Waals surface area (Å²) in [6.45, 7) is 1.44. The number of carbonyl (C=O) groups excluding carboxylic acids is 1. The standard InChI is InChI=1S/C13H11NO3S2/c1-8(12(16)17)14-11(15)10(19-13(14)18)7-9-5-3-2-4-6-9/h2-8H,1H3,(H,16,17)/b10-7+/t8-/m0/s1. The van der Waals surface area contributed by atoms with Gasteiger partial charge in [-0.05, 0) is 18.6 Å². The molecule has 1 fully saturated rings. The molecule has 1 amide bonds. The van der Waals surface area contributed by atoms with Gasteiger partial charge in [-0.25, -0.2) is 4.79 Å². The van der Waals surface area contributed by atoms with Gasteiger partial charge >= 0.3 is 5.97 Å². The van der Waals surface area contributed by atoms with E-state index in [0.29, 0.717) is 4.91 Å². The number of hydrogen-bond acceptors (Lipinski definition) is 4. The fourth-order valence-electron chi connectivity index (χ4n) is 1.62. The monoisotopic (exact) mass is 293 g/mol. The van der Waals surface area contributed by atoms with Crippen LogP contribution in [-0.2, 0) is 9.59 Å². The average molecular weight is 293 g/mol. The molecular weight excluding hydrogens is 282 g/mol. The first-order chi connectivity index (χ1) is 9.00. The summed E-state index contributed by atoms with van der Waals surface area (Å²) in [6.07, 6.45) is 1.72. The van der Waals surface area contributed by atoms with E-state index in [1.807, 2.05) is 30.3 Å². The predicted octanol–water partition coefficient (Wildman–Crippen LogP) is 2.36. The van der Waals surface area contributed by atoms with Crippen molar-refractivity contribution in [2.75, 3.05) is 0 Å². The number of rotatable bonds is 3. The molecule has 0 radical (unpaired) electrons. The molecule has 1 saturated heterocycles. The zero-order chi connectivity index (χ0) is 14.0. The number of hydrogen-bond donors (Lipinski definition) is 1.